The minimum absolute atomic E-state index is 0.693. The van der Waals surface area contributed by atoms with Gasteiger partial charge in [0, 0.05) is 42.8 Å². The maximum Gasteiger partial charge on any atom is 0.223 e. The van der Waals surface area contributed by atoms with E-state index in [1.807, 2.05) is 12.3 Å². The van der Waals surface area contributed by atoms with E-state index in [1.54, 1.807) is 11.3 Å². The molecule has 0 atom stereocenters. The van der Waals surface area contributed by atoms with Crippen LogP contribution in [0.2, 0.25) is 0 Å². The third-order valence-corrected chi connectivity index (χ3v) is 5.89. The Morgan fingerprint density at radius 1 is 1.11 bits per heavy atom. The van der Waals surface area contributed by atoms with Gasteiger partial charge in [-0.1, -0.05) is 24.3 Å². The Balaban J connectivity index is 1.40. The van der Waals surface area contributed by atoms with Crippen molar-refractivity contribution in [2.75, 3.05) is 38.0 Å². The monoisotopic (exact) mass is 393 g/mol. The molecule has 2 N–H and O–H groups in total. The van der Waals surface area contributed by atoms with Crippen molar-refractivity contribution in [2.45, 2.75) is 19.4 Å². The second kappa shape index (κ2) is 9.78. The average molecular weight is 394 g/mol. The second-order valence-corrected chi connectivity index (χ2v) is 8.13. The molecule has 1 saturated heterocycles. The lowest BCUT2D eigenvalue weighted by Crippen LogP contribution is -2.27. The Bertz CT molecular complexity index is 857. The molecule has 0 bridgehead atoms. The molecule has 0 spiro atoms. The van der Waals surface area contributed by atoms with Crippen LogP contribution < -0.4 is 10.6 Å². The van der Waals surface area contributed by atoms with Gasteiger partial charge in [-0.05, 0) is 55.1 Å². The molecule has 3 heterocycles. The zero-order valence-corrected chi connectivity index (χ0v) is 16.9. The van der Waals surface area contributed by atoms with Crippen LogP contribution in [0, 0.1) is 0 Å². The Hall–Kier alpha value is -2.28. The number of hydrogen-bond acceptors (Lipinski definition) is 6. The highest BCUT2D eigenvalue weighted by Crippen LogP contribution is 2.20. The Morgan fingerprint density at radius 3 is 3.04 bits per heavy atom. The van der Waals surface area contributed by atoms with Crippen molar-refractivity contribution in [1.29, 1.82) is 0 Å². The van der Waals surface area contributed by atoms with E-state index in [9.17, 15) is 0 Å². The molecule has 0 saturated carbocycles. The normalized spacial score (nSPS) is 15.3. The first-order valence-corrected chi connectivity index (χ1v) is 10.9. The average Bonchev–Trinajstić information content (AvgIpc) is 3.12. The van der Waals surface area contributed by atoms with Crippen LogP contribution in [0.4, 0.5) is 5.95 Å². The van der Waals surface area contributed by atoms with Crippen LogP contribution in [0.5, 0.6) is 0 Å². The highest BCUT2D eigenvalue weighted by Gasteiger charge is 2.10. The molecule has 1 aliphatic heterocycles. The lowest BCUT2D eigenvalue weighted by Gasteiger charge is -2.19. The minimum atomic E-state index is 0.693. The van der Waals surface area contributed by atoms with Gasteiger partial charge < -0.3 is 10.6 Å². The molecule has 1 fully saturated rings. The molecule has 0 radical (unpaired) electrons. The molecule has 0 aliphatic carbocycles. The summed E-state index contributed by atoms with van der Waals surface area (Å²) in [6.07, 6.45) is 4.04. The Kier molecular flexibility index (Phi) is 6.65. The maximum absolute atomic E-state index is 4.72. The summed E-state index contributed by atoms with van der Waals surface area (Å²) in [7, 11) is 0. The molecule has 5 nitrogen and oxygen atoms in total. The maximum atomic E-state index is 4.72. The van der Waals surface area contributed by atoms with Gasteiger partial charge in [-0.25, -0.2) is 9.97 Å². The summed E-state index contributed by atoms with van der Waals surface area (Å²) < 4.78 is 0. The topological polar surface area (TPSA) is 53.1 Å². The fourth-order valence-electron chi connectivity index (χ4n) is 3.50. The van der Waals surface area contributed by atoms with Gasteiger partial charge in [0.25, 0.3) is 0 Å². The smallest absolute Gasteiger partial charge is 0.223 e. The van der Waals surface area contributed by atoms with E-state index in [0.717, 1.165) is 56.9 Å². The van der Waals surface area contributed by atoms with Crippen LogP contribution in [0.15, 0.2) is 54.0 Å². The first kappa shape index (κ1) is 19.1. The van der Waals surface area contributed by atoms with E-state index in [4.69, 9.17) is 4.98 Å². The minimum Gasteiger partial charge on any atom is -0.354 e. The first-order valence-electron chi connectivity index (χ1n) is 9.98. The van der Waals surface area contributed by atoms with Crippen molar-refractivity contribution in [3.05, 3.63) is 64.5 Å². The molecule has 28 heavy (non-hydrogen) atoms. The summed E-state index contributed by atoms with van der Waals surface area (Å²) >= 11 is 1.79. The summed E-state index contributed by atoms with van der Waals surface area (Å²) in [4.78, 5) is 13.0. The molecule has 0 unspecified atom stereocenters. The molecular weight excluding hydrogens is 366 g/mol. The van der Waals surface area contributed by atoms with E-state index in [2.05, 4.69) is 62.3 Å². The lowest BCUT2D eigenvalue weighted by atomic mass is 10.1. The van der Waals surface area contributed by atoms with Gasteiger partial charge in [0.2, 0.25) is 5.95 Å². The first-order chi connectivity index (χ1) is 13.9. The van der Waals surface area contributed by atoms with Crippen molar-refractivity contribution in [3.63, 3.8) is 0 Å². The van der Waals surface area contributed by atoms with Crippen LogP contribution in [0.3, 0.4) is 0 Å². The summed E-state index contributed by atoms with van der Waals surface area (Å²) in [5, 5.41) is 8.93. The highest BCUT2D eigenvalue weighted by molar-refractivity contribution is 7.09. The molecular formula is C22H27N5S. The number of rotatable bonds is 7. The summed E-state index contributed by atoms with van der Waals surface area (Å²) in [5.74, 6) is 0.693. The van der Waals surface area contributed by atoms with E-state index < -0.39 is 0 Å². The predicted molar refractivity (Wildman–Crippen MR) is 117 cm³/mol. The molecule has 2 aromatic heterocycles. The fourth-order valence-corrected chi connectivity index (χ4v) is 4.21. The molecule has 6 heteroatoms. The van der Waals surface area contributed by atoms with Crippen molar-refractivity contribution in [3.8, 4) is 11.3 Å². The third kappa shape index (κ3) is 5.38. The van der Waals surface area contributed by atoms with Crippen molar-refractivity contribution >= 4 is 17.3 Å². The fraction of sp³-hybridized carbons (Fsp3) is 0.364. The van der Waals surface area contributed by atoms with Crippen molar-refractivity contribution in [1.82, 2.24) is 20.2 Å². The molecule has 1 aliphatic rings. The molecule has 0 amide bonds. The zero-order chi connectivity index (χ0) is 19.0. The van der Waals surface area contributed by atoms with E-state index in [1.165, 1.54) is 16.9 Å². The molecule has 1 aromatic carbocycles. The van der Waals surface area contributed by atoms with E-state index in [-0.39, 0.29) is 0 Å². The predicted octanol–water partition coefficient (Wildman–Crippen LogP) is 3.66. The number of nitrogens with zero attached hydrogens (tertiary/aromatic N) is 3. The number of benzene rings is 1. The van der Waals surface area contributed by atoms with Gasteiger partial charge in [-0.3, -0.25) is 4.90 Å². The molecule has 3 aromatic rings. The largest absolute Gasteiger partial charge is 0.354 e. The lowest BCUT2D eigenvalue weighted by molar-refractivity contribution is 0.284. The van der Waals surface area contributed by atoms with Crippen LogP contribution in [-0.2, 0) is 13.0 Å². The number of hydrogen-bond donors (Lipinski definition) is 2. The molecule has 146 valence electrons. The zero-order valence-electron chi connectivity index (χ0n) is 16.1. The van der Waals surface area contributed by atoms with Gasteiger partial charge in [0.1, 0.15) is 0 Å². The van der Waals surface area contributed by atoms with Gasteiger partial charge in [-0.2, -0.15) is 0 Å². The summed E-state index contributed by atoms with van der Waals surface area (Å²) in [6.45, 7) is 6.30. The van der Waals surface area contributed by atoms with Gasteiger partial charge in [-0.15, -0.1) is 11.3 Å². The highest BCUT2D eigenvalue weighted by atomic mass is 32.1. The SMILES string of the molecule is c1cc(CN2CCCNCC2)cc(-c2ccnc(NCCc3cccs3)n2)c1. The number of nitrogens with one attached hydrogen (secondary N) is 2. The van der Waals surface area contributed by atoms with Crippen LogP contribution >= 0.6 is 11.3 Å². The van der Waals surface area contributed by atoms with Gasteiger partial charge in [0.15, 0.2) is 0 Å². The van der Waals surface area contributed by atoms with Gasteiger partial charge >= 0.3 is 0 Å². The van der Waals surface area contributed by atoms with Crippen molar-refractivity contribution < 1.29 is 0 Å². The number of thiophene rings is 1. The summed E-state index contributed by atoms with van der Waals surface area (Å²) in [5.41, 5.74) is 3.45. The van der Waals surface area contributed by atoms with Crippen LogP contribution in [-0.4, -0.2) is 47.6 Å². The third-order valence-electron chi connectivity index (χ3n) is 4.95. The van der Waals surface area contributed by atoms with E-state index >= 15 is 0 Å². The van der Waals surface area contributed by atoms with E-state index in [0.29, 0.717) is 5.95 Å². The number of anilines is 1. The summed E-state index contributed by atoms with van der Waals surface area (Å²) in [6, 6.07) is 15.0. The van der Waals surface area contributed by atoms with Crippen molar-refractivity contribution in [2.24, 2.45) is 0 Å². The Morgan fingerprint density at radius 2 is 2.11 bits per heavy atom. The standard InChI is InChI=1S/C22H27N5S/c1-4-18(17-27-13-3-9-23-12-14-27)16-19(5-1)21-8-11-25-22(26-21)24-10-7-20-6-2-15-28-20/h1-2,4-6,8,11,15-16,23H,3,7,9-10,12-14,17H2,(H,24,25,26). The van der Waals surface area contributed by atoms with Crippen LogP contribution in [0.25, 0.3) is 11.3 Å². The quantitative estimate of drug-likeness (QED) is 0.642. The van der Waals surface area contributed by atoms with Crippen LogP contribution in [0.1, 0.15) is 16.9 Å². The van der Waals surface area contributed by atoms with Gasteiger partial charge in [0.05, 0.1) is 5.69 Å². The second-order valence-electron chi connectivity index (χ2n) is 7.10. The Labute approximate surface area is 170 Å². The molecule has 4 rings (SSSR count). The number of aromatic nitrogens is 2.